The molecule has 0 spiro atoms. The van der Waals surface area contributed by atoms with E-state index in [1.807, 2.05) is 10.7 Å². The van der Waals surface area contributed by atoms with Crippen molar-refractivity contribution in [2.75, 3.05) is 13.1 Å². The minimum Gasteiger partial charge on any atom is -0.322 e. The molecule has 38 heavy (non-hydrogen) atoms. The number of H-pyrrole nitrogens is 1. The van der Waals surface area contributed by atoms with Crippen molar-refractivity contribution < 1.29 is 0 Å². The van der Waals surface area contributed by atoms with Crippen LogP contribution in [-0.4, -0.2) is 43.2 Å². The molecule has 2 fully saturated rings. The quantitative estimate of drug-likeness (QED) is 0.349. The third-order valence-corrected chi connectivity index (χ3v) is 8.71. The van der Waals surface area contributed by atoms with Crippen molar-refractivity contribution in [3.8, 4) is 0 Å². The first kappa shape index (κ1) is 25.0. The molecule has 4 aromatic rings. The van der Waals surface area contributed by atoms with Crippen molar-refractivity contribution in [1.82, 2.24) is 30.1 Å². The summed E-state index contributed by atoms with van der Waals surface area (Å²) in [6, 6.07) is 19.2. The number of benzene rings is 2. The van der Waals surface area contributed by atoms with Gasteiger partial charge in [0.05, 0.1) is 6.04 Å². The van der Waals surface area contributed by atoms with E-state index < -0.39 is 0 Å². The second kappa shape index (κ2) is 11.2. The Bertz CT molecular complexity index is 1410. The van der Waals surface area contributed by atoms with Crippen LogP contribution < -0.4 is 5.56 Å². The number of pyridine rings is 1. The molecule has 2 aromatic carbocycles. The number of fused-ring (bicyclic) bond motifs is 1. The zero-order chi connectivity index (χ0) is 25.9. The lowest BCUT2D eigenvalue weighted by molar-refractivity contribution is 0.140. The molecule has 198 valence electrons. The fourth-order valence-electron chi connectivity index (χ4n) is 6.52. The Kier molecular flexibility index (Phi) is 7.36. The molecule has 2 aliphatic rings. The molecule has 1 saturated carbocycles. The van der Waals surface area contributed by atoms with Gasteiger partial charge in [-0.2, -0.15) is 0 Å². The number of hydrogen-bond acceptors (Lipinski definition) is 5. The van der Waals surface area contributed by atoms with E-state index in [9.17, 15) is 4.79 Å². The van der Waals surface area contributed by atoms with Gasteiger partial charge in [0, 0.05) is 11.1 Å². The van der Waals surface area contributed by atoms with Gasteiger partial charge < -0.3 is 4.98 Å². The van der Waals surface area contributed by atoms with Crippen molar-refractivity contribution in [3.05, 3.63) is 87.5 Å². The molecule has 6 rings (SSSR count). The van der Waals surface area contributed by atoms with Gasteiger partial charge in [-0.05, 0) is 103 Å². The highest BCUT2D eigenvalue weighted by Crippen LogP contribution is 2.35. The highest BCUT2D eigenvalue weighted by atomic mass is 16.1. The number of aryl methyl sites for hydroxylation is 1. The Labute approximate surface area is 224 Å². The summed E-state index contributed by atoms with van der Waals surface area (Å²) in [5.41, 5.74) is 4.25. The first-order chi connectivity index (χ1) is 18.7. The normalized spacial score (nSPS) is 18.7. The van der Waals surface area contributed by atoms with Crippen LogP contribution in [0.25, 0.3) is 10.9 Å². The maximum Gasteiger partial charge on any atom is 0.253 e. The van der Waals surface area contributed by atoms with Crippen LogP contribution >= 0.6 is 0 Å². The van der Waals surface area contributed by atoms with Gasteiger partial charge in [-0.15, -0.1) is 5.10 Å². The maximum atomic E-state index is 13.6. The van der Waals surface area contributed by atoms with Gasteiger partial charge in [-0.3, -0.25) is 9.69 Å². The number of piperidine rings is 1. The Balaban J connectivity index is 1.35. The second-order valence-corrected chi connectivity index (χ2v) is 11.2. The van der Waals surface area contributed by atoms with E-state index in [4.69, 9.17) is 0 Å². The van der Waals surface area contributed by atoms with Gasteiger partial charge >= 0.3 is 0 Å². The maximum absolute atomic E-state index is 13.6. The number of tetrazole rings is 1. The van der Waals surface area contributed by atoms with Crippen LogP contribution in [0.1, 0.15) is 86.5 Å². The zero-order valence-corrected chi connectivity index (χ0v) is 22.4. The molecule has 0 bridgehead atoms. The summed E-state index contributed by atoms with van der Waals surface area (Å²) in [6.45, 7) is 4.01. The molecule has 2 aromatic heterocycles. The predicted octanol–water partition coefficient (Wildman–Crippen LogP) is 5.63. The Morgan fingerprint density at radius 3 is 2.50 bits per heavy atom. The minimum atomic E-state index is -0.261. The summed E-state index contributed by atoms with van der Waals surface area (Å²) < 4.78 is 2.05. The lowest BCUT2D eigenvalue weighted by Gasteiger charge is -2.37. The predicted molar refractivity (Wildman–Crippen MR) is 150 cm³/mol. The average molecular weight is 511 g/mol. The molecular weight excluding hydrogens is 472 g/mol. The first-order valence-electron chi connectivity index (χ1n) is 14.4. The summed E-state index contributed by atoms with van der Waals surface area (Å²) in [7, 11) is 0. The number of aromatic nitrogens is 5. The van der Waals surface area contributed by atoms with Crippen molar-refractivity contribution in [2.24, 2.45) is 5.92 Å². The van der Waals surface area contributed by atoms with Crippen molar-refractivity contribution in [1.29, 1.82) is 0 Å². The lowest BCUT2D eigenvalue weighted by Crippen LogP contribution is -2.41. The number of hydrogen-bond donors (Lipinski definition) is 1. The SMILES string of the molecule is CCc1ccc2[nH]c(=O)c([C@@H](c3nnnn3C3CCCCC3)N3CCC(Cc4ccccc4)CC3)cc2c1. The molecule has 1 N–H and O–H groups in total. The molecule has 1 atom stereocenters. The van der Waals surface area contributed by atoms with Gasteiger partial charge in [0.2, 0.25) is 0 Å². The minimum absolute atomic E-state index is 0.0450. The van der Waals surface area contributed by atoms with E-state index in [1.165, 1.54) is 30.4 Å². The van der Waals surface area contributed by atoms with Gasteiger partial charge in [-0.1, -0.05) is 62.6 Å². The van der Waals surface area contributed by atoms with E-state index in [1.54, 1.807) is 0 Å². The van der Waals surface area contributed by atoms with Crippen LogP contribution in [0.15, 0.2) is 59.4 Å². The smallest absolute Gasteiger partial charge is 0.253 e. The largest absolute Gasteiger partial charge is 0.322 e. The standard InChI is InChI=1S/C31H38N6O/c1-2-22-13-14-28-25(20-22)21-27(31(38)32-28)29(30-33-34-35-37(30)26-11-7-4-8-12-26)36-17-15-24(16-18-36)19-23-9-5-3-6-10-23/h3,5-6,9-10,13-14,20-21,24,26,29H,2,4,7-8,11-12,15-19H2,1H3,(H,32,38)/t29-/m0/s1. The van der Waals surface area contributed by atoms with Gasteiger partial charge in [-0.25, -0.2) is 4.68 Å². The van der Waals surface area contributed by atoms with E-state index in [0.717, 1.165) is 73.9 Å². The van der Waals surface area contributed by atoms with Crippen LogP contribution in [0.4, 0.5) is 0 Å². The van der Waals surface area contributed by atoms with Crippen molar-refractivity contribution >= 4 is 10.9 Å². The first-order valence-corrected chi connectivity index (χ1v) is 14.4. The van der Waals surface area contributed by atoms with Gasteiger partial charge in [0.15, 0.2) is 5.82 Å². The van der Waals surface area contributed by atoms with E-state index in [-0.39, 0.29) is 11.6 Å². The highest BCUT2D eigenvalue weighted by molar-refractivity contribution is 5.80. The molecule has 0 radical (unpaired) electrons. The molecule has 1 saturated heterocycles. The Morgan fingerprint density at radius 1 is 0.947 bits per heavy atom. The summed E-state index contributed by atoms with van der Waals surface area (Å²) in [6.07, 6.45) is 10.1. The Morgan fingerprint density at radius 2 is 1.74 bits per heavy atom. The molecule has 1 aliphatic heterocycles. The molecule has 0 amide bonds. The van der Waals surface area contributed by atoms with Crippen LogP contribution in [0.5, 0.6) is 0 Å². The van der Waals surface area contributed by atoms with Gasteiger partial charge in [0.1, 0.15) is 6.04 Å². The number of nitrogens with zero attached hydrogens (tertiary/aromatic N) is 5. The molecule has 7 nitrogen and oxygen atoms in total. The topological polar surface area (TPSA) is 79.7 Å². The monoisotopic (exact) mass is 510 g/mol. The van der Waals surface area contributed by atoms with Crippen molar-refractivity contribution in [2.45, 2.75) is 76.8 Å². The summed E-state index contributed by atoms with van der Waals surface area (Å²) in [5.74, 6) is 1.46. The average Bonchev–Trinajstić information content (AvgIpc) is 3.45. The third-order valence-electron chi connectivity index (χ3n) is 8.71. The molecule has 0 unspecified atom stereocenters. The van der Waals surface area contributed by atoms with Gasteiger partial charge in [0.25, 0.3) is 5.56 Å². The number of aromatic amines is 1. The molecule has 1 aliphatic carbocycles. The summed E-state index contributed by atoms with van der Waals surface area (Å²) in [4.78, 5) is 19.2. The van der Waals surface area contributed by atoms with Crippen molar-refractivity contribution in [3.63, 3.8) is 0 Å². The summed E-state index contributed by atoms with van der Waals surface area (Å²) >= 11 is 0. The fourth-order valence-corrected chi connectivity index (χ4v) is 6.52. The van der Waals surface area contributed by atoms with E-state index in [0.29, 0.717) is 12.0 Å². The Hall–Kier alpha value is -3.32. The highest BCUT2D eigenvalue weighted by Gasteiger charge is 2.34. The van der Waals surface area contributed by atoms with E-state index >= 15 is 0 Å². The summed E-state index contributed by atoms with van der Waals surface area (Å²) in [5, 5.41) is 14.3. The fraction of sp³-hybridized carbons (Fsp3) is 0.484. The number of nitrogens with one attached hydrogen (secondary N) is 1. The zero-order valence-electron chi connectivity index (χ0n) is 22.4. The van der Waals surface area contributed by atoms with Crippen LogP contribution in [0, 0.1) is 5.92 Å². The number of likely N-dealkylation sites (tertiary alicyclic amines) is 1. The third kappa shape index (κ3) is 5.17. The lowest BCUT2D eigenvalue weighted by atomic mass is 9.88. The molecule has 3 heterocycles. The second-order valence-electron chi connectivity index (χ2n) is 11.2. The van der Waals surface area contributed by atoms with Crippen LogP contribution in [0.3, 0.4) is 0 Å². The van der Waals surface area contributed by atoms with E-state index in [2.05, 4.69) is 80.9 Å². The van der Waals surface area contributed by atoms with Crippen LogP contribution in [0.2, 0.25) is 0 Å². The number of rotatable bonds is 7. The molecule has 7 heteroatoms. The van der Waals surface area contributed by atoms with Crippen LogP contribution in [-0.2, 0) is 12.8 Å². The molecular formula is C31H38N6O.